The summed E-state index contributed by atoms with van der Waals surface area (Å²) in [5.74, 6) is 0.139. The van der Waals surface area contributed by atoms with E-state index in [1.54, 1.807) is 32.2 Å². The van der Waals surface area contributed by atoms with Crippen LogP contribution < -0.4 is 20.4 Å². The van der Waals surface area contributed by atoms with Crippen LogP contribution in [0, 0.1) is 11.8 Å². The molecule has 0 bridgehead atoms. The van der Waals surface area contributed by atoms with Gasteiger partial charge in [-0.25, -0.2) is 4.79 Å². The van der Waals surface area contributed by atoms with Crippen LogP contribution in [-0.2, 0) is 9.59 Å². The first-order chi connectivity index (χ1) is 16.8. The number of carbonyl (C=O) groups excluding carboxylic acids is 1. The van der Waals surface area contributed by atoms with E-state index in [1.807, 2.05) is 24.3 Å². The Bertz CT molecular complexity index is 1260. The Morgan fingerprint density at radius 3 is 2.40 bits per heavy atom. The van der Waals surface area contributed by atoms with Gasteiger partial charge in [0.2, 0.25) is 0 Å². The SMILES string of the molecule is COc1ccc(-c2cc(=O)oc3cc(O[C@H](C)C(=O)NCC4CCC(C(=O)O)CC4)ccc23)cc1. The third kappa shape index (κ3) is 5.82. The topological polar surface area (TPSA) is 115 Å². The summed E-state index contributed by atoms with van der Waals surface area (Å²) in [7, 11) is 1.59. The summed E-state index contributed by atoms with van der Waals surface area (Å²) >= 11 is 0. The Balaban J connectivity index is 1.41. The van der Waals surface area contributed by atoms with Crippen LogP contribution in [0.3, 0.4) is 0 Å². The number of methoxy groups -OCH3 is 1. The van der Waals surface area contributed by atoms with Crippen LogP contribution >= 0.6 is 0 Å². The normalized spacial score (nSPS) is 18.6. The van der Waals surface area contributed by atoms with Gasteiger partial charge in [0.15, 0.2) is 6.10 Å². The van der Waals surface area contributed by atoms with E-state index in [1.165, 1.54) is 6.07 Å². The number of carboxylic acids is 1. The van der Waals surface area contributed by atoms with Crippen LogP contribution in [0.15, 0.2) is 57.7 Å². The highest BCUT2D eigenvalue weighted by atomic mass is 16.5. The van der Waals surface area contributed by atoms with E-state index in [0.717, 1.165) is 35.1 Å². The van der Waals surface area contributed by atoms with Crippen molar-refractivity contribution < 1.29 is 28.6 Å². The lowest BCUT2D eigenvalue weighted by molar-refractivity contribution is -0.143. The van der Waals surface area contributed by atoms with Gasteiger partial charge in [-0.2, -0.15) is 0 Å². The molecule has 1 aromatic heterocycles. The zero-order valence-corrected chi connectivity index (χ0v) is 19.8. The summed E-state index contributed by atoms with van der Waals surface area (Å²) in [5.41, 5.74) is 1.46. The second-order valence-corrected chi connectivity index (χ2v) is 8.93. The number of aliphatic carboxylic acids is 1. The van der Waals surface area contributed by atoms with Gasteiger partial charge in [-0.1, -0.05) is 12.1 Å². The smallest absolute Gasteiger partial charge is 0.336 e. The summed E-state index contributed by atoms with van der Waals surface area (Å²) in [6, 6.07) is 14.0. The van der Waals surface area contributed by atoms with Crippen LogP contribution in [0.5, 0.6) is 11.5 Å². The molecule has 0 radical (unpaired) electrons. The van der Waals surface area contributed by atoms with E-state index in [9.17, 15) is 14.4 Å². The number of amides is 1. The van der Waals surface area contributed by atoms with Gasteiger partial charge in [0, 0.05) is 24.1 Å². The summed E-state index contributed by atoms with van der Waals surface area (Å²) in [5, 5.41) is 12.8. The standard InChI is InChI=1S/C27H29NO7/c1-16(26(30)28-15-17-3-5-19(6-4-17)27(31)32)34-21-11-12-22-23(14-25(29)35-24(22)13-21)18-7-9-20(33-2)10-8-18/h7-14,16-17,19H,3-6,15H2,1-2H3,(H,28,30)(H,31,32)/t16-,17?,19?/m1/s1. The van der Waals surface area contributed by atoms with E-state index in [-0.39, 0.29) is 17.7 Å². The molecule has 1 saturated carbocycles. The zero-order valence-electron chi connectivity index (χ0n) is 19.8. The minimum absolute atomic E-state index is 0.251. The fourth-order valence-electron chi connectivity index (χ4n) is 4.49. The largest absolute Gasteiger partial charge is 0.497 e. The maximum absolute atomic E-state index is 12.6. The lowest BCUT2D eigenvalue weighted by Gasteiger charge is -2.26. The van der Waals surface area contributed by atoms with Gasteiger partial charge >= 0.3 is 11.6 Å². The average molecular weight is 480 g/mol. The van der Waals surface area contributed by atoms with Crippen molar-refractivity contribution in [1.29, 1.82) is 0 Å². The predicted octanol–water partition coefficient (Wildman–Crippen LogP) is 4.24. The molecular formula is C27H29NO7. The quantitative estimate of drug-likeness (QED) is 0.464. The molecule has 1 aliphatic rings. The minimum atomic E-state index is -0.751. The monoisotopic (exact) mass is 479 g/mol. The third-order valence-electron chi connectivity index (χ3n) is 6.56. The van der Waals surface area contributed by atoms with Crippen LogP contribution in [0.25, 0.3) is 22.1 Å². The molecule has 8 nitrogen and oxygen atoms in total. The van der Waals surface area contributed by atoms with Crippen LogP contribution in [-0.4, -0.2) is 36.7 Å². The molecule has 3 aromatic rings. The fraction of sp³-hybridized carbons (Fsp3) is 0.370. The minimum Gasteiger partial charge on any atom is -0.497 e. The number of hydrogen-bond acceptors (Lipinski definition) is 6. The fourth-order valence-corrected chi connectivity index (χ4v) is 4.49. The van der Waals surface area contributed by atoms with Crippen molar-refractivity contribution in [3.63, 3.8) is 0 Å². The summed E-state index contributed by atoms with van der Waals surface area (Å²) in [6.07, 6.45) is 2.10. The van der Waals surface area contributed by atoms with Crippen molar-refractivity contribution in [3.05, 3.63) is 59.0 Å². The van der Waals surface area contributed by atoms with Crippen molar-refractivity contribution in [2.45, 2.75) is 38.7 Å². The first-order valence-electron chi connectivity index (χ1n) is 11.7. The first-order valence-corrected chi connectivity index (χ1v) is 11.7. The number of rotatable bonds is 8. The second kappa shape index (κ2) is 10.6. The molecule has 1 aliphatic carbocycles. The summed E-state index contributed by atoms with van der Waals surface area (Å²) < 4.78 is 16.4. The molecule has 2 aromatic carbocycles. The highest BCUT2D eigenvalue weighted by Crippen LogP contribution is 2.31. The van der Waals surface area contributed by atoms with Gasteiger partial charge in [0.1, 0.15) is 17.1 Å². The van der Waals surface area contributed by atoms with Crippen molar-refractivity contribution in [2.24, 2.45) is 11.8 Å². The Morgan fingerprint density at radius 1 is 1.06 bits per heavy atom. The summed E-state index contributed by atoms with van der Waals surface area (Å²) in [6.45, 7) is 2.15. The molecule has 1 amide bonds. The van der Waals surface area contributed by atoms with E-state index in [2.05, 4.69) is 5.32 Å². The maximum Gasteiger partial charge on any atom is 0.336 e. The molecule has 1 atom stereocenters. The number of nitrogens with one attached hydrogen (secondary N) is 1. The van der Waals surface area contributed by atoms with E-state index < -0.39 is 17.7 Å². The van der Waals surface area contributed by atoms with Gasteiger partial charge in [0.25, 0.3) is 5.91 Å². The lowest BCUT2D eigenvalue weighted by atomic mass is 9.82. The maximum atomic E-state index is 12.6. The van der Waals surface area contributed by atoms with Crippen molar-refractivity contribution in [2.75, 3.05) is 13.7 Å². The van der Waals surface area contributed by atoms with Gasteiger partial charge < -0.3 is 24.3 Å². The Morgan fingerprint density at radius 2 is 1.74 bits per heavy atom. The van der Waals surface area contributed by atoms with E-state index in [4.69, 9.17) is 19.0 Å². The molecular weight excluding hydrogens is 450 g/mol. The number of benzene rings is 2. The van der Waals surface area contributed by atoms with Crippen LogP contribution in [0.4, 0.5) is 0 Å². The highest BCUT2D eigenvalue weighted by molar-refractivity contribution is 5.94. The number of carbonyl (C=O) groups is 2. The van der Waals surface area contributed by atoms with Gasteiger partial charge in [-0.3, -0.25) is 9.59 Å². The molecule has 35 heavy (non-hydrogen) atoms. The summed E-state index contributed by atoms with van der Waals surface area (Å²) in [4.78, 5) is 35.9. The van der Waals surface area contributed by atoms with Crippen LogP contribution in [0.2, 0.25) is 0 Å². The molecule has 0 aliphatic heterocycles. The first kappa shape index (κ1) is 24.3. The zero-order chi connectivity index (χ0) is 24.9. The Labute approximate surface area is 202 Å². The van der Waals surface area contributed by atoms with Crippen molar-refractivity contribution >= 4 is 22.8 Å². The molecule has 2 N–H and O–H groups in total. The predicted molar refractivity (Wildman–Crippen MR) is 131 cm³/mol. The van der Waals surface area contributed by atoms with Crippen molar-refractivity contribution in [1.82, 2.24) is 5.32 Å². The molecule has 4 rings (SSSR count). The molecule has 8 heteroatoms. The molecule has 1 fully saturated rings. The van der Waals surface area contributed by atoms with E-state index in [0.29, 0.717) is 30.7 Å². The van der Waals surface area contributed by atoms with Gasteiger partial charge in [0.05, 0.1) is 13.0 Å². The van der Waals surface area contributed by atoms with E-state index >= 15 is 0 Å². The lowest BCUT2D eigenvalue weighted by Crippen LogP contribution is -2.39. The molecule has 184 valence electrons. The van der Waals surface area contributed by atoms with Gasteiger partial charge in [-0.05, 0) is 73.9 Å². The second-order valence-electron chi connectivity index (χ2n) is 8.93. The Hall–Kier alpha value is -3.81. The molecule has 0 spiro atoms. The number of hydrogen-bond donors (Lipinski definition) is 2. The number of carboxylic acid groups (broad SMARTS) is 1. The van der Waals surface area contributed by atoms with Crippen LogP contribution in [0.1, 0.15) is 32.6 Å². The van der Waals surface area contributed by atoms with Gasteiger partial charge in [-0.15, -0.1) is 0 Å². The molecule has 0 unspecified atom stereocenters. The average Bonchev–Trinajstić information content (AvgIpc) is 2.86. The van der Waals surface area contributed by atoms with Crippen molar-refractivity contribution in [3.8, 4) is 22.6 Å². The molecule has 0 saturated heterocycles. The molecule has 1 heterocycles. The number of fused-ring (bicyclic) bond motifs is 1. The highest BCUT2D eigenvalue weighted by Gasteiger charge is 2.26. The third-order valence-corrected chi connectivity index (χ3v) is 6.56. The Kier molecular flexibility index (Phi) is 7.39. The number of ether oxygens (including phenoxy) is 2.